The van der Waals surface area contributed by atoms with Crippen molar-refractivity contribution in [3.63, 3.8) is 0 Å². The monoisotopic (exact) mass is 719 g/mol. The van der Waals surface area contributed by atoms with Gasteiger partial charge in [0.15, 0.2) is 0 Å². The third-order valence-corrected chi connectivity index (χ3v) is 10.6. The number of benzene rings is 3. The van der Waals surface area contributed by atoms with Crippen molar-refractivity contribution < 1.29 is 23.9 Å². The SMILES string of the molecule is CCC(C)C(NC(=O)OC)C(=O)N1CCCC1c1ncc(-c2ccc3cc(-c4ccc5nc(C6CCCN6C(=O)OC(C)(C)C)[nH]c5c4)ccc3c2)[nH]1. The maximum Gasteiger partial charge on any atom is 0.410 e. The summed E-state index contributed by atoms with van der Waals surface area (Å²) in [6.07, 6.45) is 5.06. The van der Waals surface area contributed by atoms with E-state index in [0.717, 1.165) is 87.9 Å². The van der Waals surface area contributed by atoms with Gasteiger partial charge in [0.25, 0.3) is 0 Å². The summed E-state index contributed by atoms with van der Waals surface area (Å²) in [6, 6.07) is 18.0. The number of rotatable bonds is 8. The van der Waals surface area contributed by atoms with Crippen molar-refractivity contribution in [2.75, 3.05) is 20.2 Å². The first-order valence-corrected chi connectivity index (χ1v) is 18.7. The van der Waals surface area contributed by atoms with Gasteiger partial charge in [-0.05, 0) is 98.5 Å². The van der Waals surface area contributed by atoms with Gasteiger partial charge >= 0.3 is 12.2 Å². The number of methoxy groups -OCH3 is 1. The van der Waals surface area contributed by atoms with Crippen molar-refractivity contribution in [3.8, 4) is 22.4 Å². The average Bonchev–Trinajstić information content (AvgIpc) is 3.97. The van der Waals surface area contributed by atoms with Crippen LogP contribution in [0.15, 0.2) is 60.8 Å². The molecule has 12 heteroatoms. The fourth-order valence-corrected chi connectivity index (χ4v) is 7.56. The molecule has 278 valence electrons. The van der Waals surface area contributed by atoms with Gasteiger partial charge in [0.05, 0.1) is 42.1 Å². The number of carbonyl (C=O) groups is 3. The summed E-state index contributed by atoms with van der Waals surface area (Å²) >= 11 is 0. The fraction of sp³-hybridized carbons (Fsp3) is 0.439. The Morgan fingerprint density at radius 1 is 0.887 bits per heavy atom. The van der Waals surface area contributed by atoms with E-state index in [1.165, 1.54) is 7.11 Å². The van der Waals surface area contributed by atoms with Gasteiger partial charge in [-0.3, -0.25) is 9.69 Å². The third-order valence-electron chi connectivity index (χ3n) is 10.6. The van der Waals surface area contributed by atoms with Gasteiger partial charge in [0.1, 0.15) is 23.3 Å². The Hall–Kier alpha value is -5.39. The van der Waals surface area contributed by atoms with E-state index < -0.39 is 17.7 Å². The number of nitrogens with one attached hydrogen (secondary N) is 3. The van der Waals surface area contributed by atoms with Gasteiger partial charge in [-0.15, -0.1) is 0 Å². The lowest BCUT2D eigenvalue weighted by Crippen LogP contribution is -2.51. The molecule has 3 N–H and O–H groups in total. The van der Waals surface area contributed by atoms with Crippen LogP contribution in [0.3, 0.4) is 0 Å². The minimum absolute atomic E-state index is 0.0466. The highest BCUT2D eigenvalue weighted by molar-refractivity contribution is 5.92. The molecule has 3 aromatic carbocycles. The zero-order chi connectivity index (χ0) is 37.4. The lowest BCUT2D eigenvalue weighted by molar-refractivity contribution is -0.135. The Bertz CT molecular complexity index is 2150. The zero-order valence-corrected chi connectivity index (χ0v) is 31.4. The number of H-pyrrole nitrogens is 2. The summed E-state index contributed by atoms with van der Waals surface area (Å²) in [6.45, 7) is 10.9. The number of carbonyl (C=O) groups excluding carboxylic acids is 3. The number of nitrogens with zero attached hydrogens (tertiary/aromatic N) is 4. The predicted molar refractivity (Wildman–Crippen MR) is 204 cm³/mol. The molecule has 4 heterocycles. The highest BCUT2D eigenvalue weighted by atomic mass is 16.6. The Morgan fingerprint density at radius 3 is 2.23 bits per heavy atom. The number of ether oxygens (including phenoxy) is 2. The van der Waals surface area contributed by atoms with Crippen LogP contribution in [0.4, 0.5) is 9.59 Å². The number of hydrogen-bond donors (Lipinski definition) is 3. The number of aromatic amines is 2. The molecule has 0 bridgehead atoms. The lowest BCUT2D eigenvalue weighted by atomic mass is 9.97. The Morgan fingerprint density at radius 2 is 1.53 bits per heavy atom. The van der Waals surface area contributed by atoms with E-state index in [0.29, 0.717) is 13.1 Å². The molecule has 3 amide bonds. The first-order valence-electron chi connectivity index (χ1n) is 18.7. The van der Waals surface area contributed by atoms with Crippen molar-refractivity contribution in [1.29, 1.82) is 0 Å². The van der Waals surface area contributed by atoms with Gasteiger partial charge in [-0.2, -0.15) is 0 Å². The second-order valence-electron chi connectivity index (χ2n) is 15.3. The molecule has 12 nitrogen and oxygen atoms in total. The molecule has 7 rings (SSSR count). The molecule has 0 saturated carbocycles. The van der Waals surface area contributed by atoms with Gasteiger partial charge in [-0.1, -0.05) is 50.6 Å². The van der Waals surface area contributed by atoms with Crippen LogP contribution >= 0.6 is 0 Å². The van der Waals surface area contributed by atoms with Crippen LogP contribution in [0.2, 0.25) is 0 Å². The summed E-state index contributed by atoms with van der Waals surface area (Å²) in [5.74, 6) is 1.36. The van der Waals surface area contributed by atoms with E-state index in [4.69, 9.17) is 19.4 Å². The molecule has 4 atom stereocenters. The van der Waals surface area contributed by atoms with E-state index in [-0.39, 0.29) is 30.0 Å². The van der Waals surface area contributed by atoms with E-state index in [1.807, 2.05) is 51.8 Å². The van der Waals surface area contributed by atoms with E-state index in [1.54, 1.807) is 4.90 Å². The third kappa shape index (κ3) is 7.45. The minimum atomic E-state index is -0.666. The topological polar surface area (TPSA) is 146 Å². The Labute approximate surface area is 309 Å². The number of likely N-dealkylation sites (tertiary alicyclic amines) is 2. The maximum absolute atomic E-state index is 13.7. The quantitative estimate of drug-likeness (QED) is 0.146. The summed E-state index contributed by atoms with van der Waals surface area (Å²) in [4.78, 5) is 58.9. The molecule has 2 saturated heterocycles. The lowest BCUT2D eigenvalue weighted by Gasteiger charge is -2.30. The number of amides is 3. The maximum atomic E-state index is 13.7. The van der Waals surface area contributed by atoms with E-state index in [9.17, 15) is 14.4 Å². The molecule has 0 spiro atoms. The summed E-state index contributed by atoms with van der Waals surface area (Å²) in [7, 11) is 1.31. The van der Waals surface area contributed by atoms with Gasteiger partial charge in [-0.25, -0.2) is 19.6 Å². The zero-order valence-electron chi connectivity index (χ0n) is 31.4. The number of alkyl carbamates (subject to hydrolysis) is 1. The minimum Gasteiger partial charge on any atom is -0.453 e. The Kier molecular flexibility index (Phi) is 9.89. The van der Waals surface area contributed by atoms with Gasteiger partial charge in [0.2, 0.25) is 5.91 Å². The first kappa shape index (κ1) is 36.0. The van der Waals surface area contributed by atoms with Crippen molar-refractivity contribution in [2.45, 2.75) is 90.4 Å². The summed E-state index contributed by atoms with van der Waals surface area (Å²) in [5, 5.41) is 4.96. The molecule has 2 aliphatic rings. The Balaban J connectivity index is 1.08. The van der Waals surface area contributed by atoms with Crippen LogP contribution < -0.4 is 5.32 Å². The molecule has 0 aliphatic carbocycles. The van der Waals surface area contributed by atoms with Crippen molar-refractivity contribution in [1.82, 2.24) is 35.1 Å². The van der Waals surface area contributed by atoms with Crippen LogP contribution in [0.1, 0.15) is 90.5 Å². The molecule has 2 aliphatic heterocycles. The van der Waals surface area contributed by atoms with Crippen LogP contribution in [0.5, 0.6) is 0 Å². The van der Waals surface area contributed by atoms with Gasteiger partial charge < -0.3 is 29.7 Å². The molecule has 2 aromatic heterocycles. The number of imidazole rings is 2. The summed E-state index contributed by atoms with van der Waals surface area (Å²) < 4.78 is 10.5. The van der Waals surface area contributed by atoms with Crippen LogP contribution in [-0.2, 0) is 14.3 Å². The van der Waals surface area contributed by atoms with E-state index >= 15 is 0 Å². The molecule has 2 fully saturated rings. The predicted octanol–water partition coefficient (Wildman–Crippen LogP) is 8.28. The normalized spacial score (nSPS) is 18.8. The highest BCUT2D eigenvalue weighted by Gasteiger charge is 2.38. The van der Waals surface area contributed by atoms with Crippen LogP contribution in [0, 0.1) is 5.92 Å². The van der Waals surface area contributed by atoms with Crippen molar-refractivity contribution >= 4 is 39.9 Å². The molecule has 5 aromatic rings. The van der Waals surface area contributed by atoms with Crippen LogP contribution in [0.25, 0.3) is 44.2 Å². The van der Waals surface area contributed by atoms with Crippen molar-refractivity contribution in [2.24, 2.45) is 5.92 Å². The summed E-state index contributed by atoms with van der Waals surface area (Å²) in [5.41, 5.74) is 5.28. The molecular weight excluding hydrogens is 670 g/mol. The first-order chi connectivity index (χ1) is 25.4. The number of hydrogen-bond acceptors (Lipinski definition) is 7. The number of fused-ring (bicyclic) bond motifs is 2. The molecule has 0 radical (unpaired) electrons. The van der Waals surface area contributed by atoms with Crippen molar-refractivity contribution in [3.05, 3.63) is 72.4 Å². The average molecular weight is 720 g/mol. The highest BCUT2D eigenvalue weighted by Crippen LogP contribution is 2.36. The standard InChI is InChI=1S/C41H49N7O5/c1-7-24(2)35(46-39(50)52-6)38(49)47-18-8-10-33(47)36-42-23-32(45-36)29-15-14-25-20-26(12-13-27(25)21-29)28-16-17-30-31(22-28)44-37(43-30)34-11-9-19-48(34)40(51)53-41(3,4)5/h12-17,20-24,33-35H,7-11,18-19H2,1-6H3,(H,42,45)(H,43,44)(H,46,50). The molecular formula is C41H49N7O5. The largest absolute Gasteiger partial charge is 0.453 e. The van der Waals surface area contributed by atoms with E-state index in [2.05, 4.69) is 63.8 Å². The fourth-order valence-electron chi connectivity index (χ4n) is 7.56. The number of aromatic nitrogens is 4. The molecule has 53 heavy (non-hydrogen) atoms. The van der Waals surface area contributed by atoms with Gasteiger partial charge in [0, 0.05) is 18.7 Å². The second-order valence-corrected chi connectivity index (χ2v) is 15.3. The van der Waals surface area contributed by atoms with Crippen LogP contribution in [-0.4, -0.2) is 79.7 Å². The smallest absolute Gasteiger partial charge is 0.410 e. The molecule has 4 unspecified atom stereocenters. The second kappa shape index (κ2) is 14.6.